The highest BCUT2D eigenvalue weighted by Crippen LogP contribution is 2.44. The van der Waals surface area contributed by atoms with Crippen LogP contribution in [0.2, 0.25) is 0 Å². The van der Waals surface area contributed by atoms with E-state index in [0.29, 0.717) is 22.5 Å². The molecule has 0 radical (unpaired) electrons. The first-order chi connectivity index (χ1) is 12.3. The van der Waals surface area contributed by atoms with Crippen molar-refractivity contribution in [2.45, 2.75) is 37.6 Å². The van der Waals surface area contributed by atoms with Gasteiger partial charge in [0.2, 0.25) is 15.9 Å². The molecule has 2 bridgehead atoms. The van der Waals surface area contributed by atoms with Crippen LogP contribution in [0, 0.1) is 17.8 Å². The van der Waals surface area contributed by atoms with Crippen molar-refractivity contribution in [1.82, 2.24) is 9.71 Å². The normalized spacial score (nSPS) is 24.7. The molecule has 2 N–H and O–H groups in total. The number of carbonyl (C=O) groups excluding carboxylic acids is 1. The molecule has 6 nitrogen and oxygen atoms in total. The first-order valence-electron chi connectivity index (χ1n) is 8.74. The Kier molecular flexibility index (Phi) is 4.37. The van der Waals surface area contributed by atoms with Crippen molar-refractivity contribution in [3.05, 3.63) is 30.4 Å². The van der Waals surface area contributed by atoms with Gasteiger partial charge in [-0.3, -0.25) is 4.79 Å². The molecule has 2 aliphatic carbocycles. The molecule has 1 heterocycles. The standard InChI is InChI=1S/C18H21N3O3S2/c1-10(2)21-26(23,24)13-5-6-15-16(9-13)25-18(19-15)20-17(22)14-8-11-3-4-12(14)7-11/h3-6,9-12,14,21H,7-8H2,1-2H3,(H,19,20,22). The van der Waals surface area contributed by atoms with E-state index >= 15 is 0 Å². The lowest BCUT2D eigenvalue weighted by Gasteiger charge is -2.16. The summed E-state index contributed by atoms with van der Waals surface area (Å²) in [5, 5.41) is 3.43. The number of benzene rings is 1. The minimum absolute atomic E-state index is 0.00947. The molecule has 138 valence electrons. The number of nitrogens with zero attached hydrogens (tertiary/aromatic N) is 1. The zero-order valence-corrected chi connectivity index (χ0v) is 16.2. The summed E-state index contributed by atoms with van der Waals surface area (Å²) in [5.74, 6) is 0.902. The summed E-state index contributed by atoms with van der Waals surface area (Å²) in [5.41, 5.74) is 0.682. The topological polar surface area (TPSA) is 88.2 Å². The number of aromatic nitrogens is 1. The number of hydrogen-bond acceptors (Lipinski definition) is 5. The predicted molar refractivity (Wildman–Crippen MR) is 103 cm³/mol. The molecule has 8 heteroatoms. The number of sulfonamides is 1. The van der Waals surface area contributed by atoms with Crippen molar-refractivity contribution in [3.63, 3.8) is 0 Å². The van der Waals surface area contributed by atoms with Crippen molar-refractivity contribution in [3.8, 4) is 0 Å². The monoisotopic (exact) mass is 391 g/mol. The van der Waals surface area contributed by atoms with Crippen LogP contribution in [-0.4, -0.2) is 25.4 Å². The van der Waals surface area contributed by atoms with E-state index in [1.165, 1.54) is 11.3 Å². The summed E-state index contributed by atoms with van der Waals surface area (Å²) >= 11 is 1.30. The highest BCUT2D eigenvalue weighted by molar-refractivity contribution is 7.89. The number of carbonyl (C=O) groups is 1. The number of nitrogens with one attached hydrogen (secondary N) is 2. The Morgan fingerprint density at radius 1 is 1.27 bits per heavy atom. The number of anilines is 1. The fourth-order valence-corrected chi connectivity index (χ4v) is 6.04. The van der Waals surface area contributed by atoms with Gasteiger partial charge in [-0.15, -0.1) is 0 Å². The van der Waals surface area contributed by atoms with Crippen LogP contribution in [0.3, 0.4) is 0 Å². The fourth-order valence-electron chi connectivity index (χ4n) is 3.78. The van der Waals surface area contributed by atoms with Crippen molar-refractivity contribution in [1.29, 1.82) is 0 Å². The molecule has 2 aliphatic rings. The van der Waals surface area contributed by atoms with Crippen LogP contribution in [0.25, 0.3) is 10.2 Å². The second-order valence-corrected chi connectivity index (χ2v) is 10.0. The van der Waals surface area contributed by atoms with E-state index in [1.54, 1.807) is 32.0 Å². The van der Waals surface area contributed by atoms with Crippen LogP contribution in [-0.2, 0) is 14.8 Å². The van der Waals surface area contributed by atoms with Gasteiger partial charge in [-0.25, -0.2) is 18.1 Å². The van der Waals surface area contributed by atoms with Crippen molar-refractivity contribution in [2.24, 2.45) is 17.8 Å². The zero-order valence-electron chi connectivity index (χ0n) is 14.6. The number of allylic oxidation sites excluding steroid dienone is 2. The molecule has 2 aromatic rings. The van der Waals surface area contributed by atoms with Crippen LogP contribution in [0.4, 0.5) is 5.13 Å². The van der Waals surface area contributed by atoms with Crippen LogP contribution >= 0.6 is 11.3 Å². The summed E-state index contributed by atoms with van der Waals surface area (Å²) < 4.78 is 27.9. The maximum absolute atomic E-state index is 12.5. The number of thiazole rings is 1. The molecule has 3 atom stereocenters. The highest BCUT2D eigenvalue weighted by atomic mass is 32.2. The quantitative estimate of drug-likeness (QED) is 0.767. The minimum Gasteiger partial charge on any atom is -0.302 e. The predicted octanol–water partition coefficient (Wildman–Crippen LogP) is 3.13. The molecule has 1 aromatic carbocycles. The Balaban J connectivity index is 1.54. The summed E-state index contributed by atoms with van der Waals surface area (Å²) in [6.45, 7) is 3.56. The van der Waals surface area contributed by atoms with Gasteiger partial charge in [0.1, 0.15) is 0 Å². The highest BCUT2D eigenvalue weighted by Gasteiger charge is 2.39. The lowest BCUT2D eigenvalue weighted by atomic mass is 9.93. The molecule has 1 saturated carbocycles. The second kappa shape index (κ2) is 6.44. The van der Waals surface area contributed by atoms with E-state index in [2.05, 4.69) is 27.2 Å². The zero-order chi connectivity index (χ0) is 18.5. The smallest absolute Gasteiger partial charge is 0.240 e. The molecule has 26 heavy (non-hydrogen) atoms. The van der Waals surface area contributed by atoms with Gasteiger partial charge >= 0.3 is 0 Å². The number of amides is 1. The van der Waals surface area contributed by atoms with E-state index < -0.39 is 10.0 Å². The SMILES string of the molecule is CC(C)NS(=O)(=O)c1ccc2nc(NC(=O)C3CC4C=CC3C4)sc2c1. The molecule has 1 fully saturated rings. The average molecular weight is 392 g/mol. The first kappa shape index (κ1) is 17.6. The van der Waals surface area contributed by atoms with Gasteiger partial charge in [-0.1, -0.05) is 23.5 Å². The number of hydrogen-bond donors (Lipinski definition) is 2. The van der Waals surface area contributed by atoms with Gasteiger partial charge in [0.05, 0.1) is 15.1 Å². The molecular formula is C18H21N3O3S2. The van der Waals surface area contributed by atoms with E-state index in [4.69, 9.17) is 0 Å². The van der Waals surface area contributed by atoms with Crippen LogP contribution in [0.5, 0.6) is 0 Å². The Bertz CT molecular complexity index is 994. The third-order valence-electron chi connectivity index (χ3n) is 4.91. The molecule has 0 aliphatic heterocycles. The lowest BCUT2D eigenvalue weighted by Crippen LogP contribution is -2.30. The third-order valence-corrected chi connectivity index (χ3v) is 7.50. The Labute approximate surface area is 156 Å². The Morgan fingerprint density at radius 3 is 2.73 bits per heavy atom. The van der Waals surface area contributed by atoms with Crippen LogP contribution in [0.15, 0.2) is 35.2 Å². The average Bonchev–Trinajstić information content (AvgIpc) is 3.27. The summed E-state index contributed by atoms with van der Waals surface area (Å²) in [6.07, 6.45) is 6.33. The van der Waals surface area contributed by atoms with Gasteiger partial charge < -0.3 is 5.32 Å². The molecule has 0 spiro atoms. The van der Waals surface area contributed by atoms with Gasteiger partial charge in [0.15, 0.2) is 5.13 Å². The van der Waals surface area contributed by atoms with Gasteiger partial charge in [0, 0.05) is 12.0 Å². The van der Waals surface area contributed by atoms with Crippen LogP contribution in [0.1, 0.15) is 26.7 Å². The van der Waals surface area contributed by atoms with Crippen LogP contribution < -0.4 is 10.0 Å². The Hall–Kier alpha value is -1.77. The number of rotatable bonds is 5. The van der Waals surface area contributed by atoms with Gasteiger partial charge in [-0.05, 0) is 56.7 Å². The Morgan fingerprint density at radius 2 is 2.08 bits per heavy atom. The third kappa shape index (κ3) is 3.28. The largest absolute Gasteiger partial charge is 0.302 e. The molecular weight excluding hydrogens is 370 g/mol. The maximum Gasteiger partial charge on any atom is 0.240 e. The second-order valence-electron chi connectivity index (χ2n) is 7.30. The fraction of sp³-hybridized carbons (Fsp3) is 0.444. The van der Waals surface area contributed by atoms with E-state index in [9.17, 15) is 13.2 Å². The lowest BCUT2D eigenvalue weighted by molar-refractivity contribution is -0.120. The van der Waals surface area contributed by atoms with Crippen molar-refractivity contribution in [2.75, 3.05) is 5.32 Å². The first-order valence-corrected chi connectivity index (χ1v) is 11.0. The van der Waals surface area contributed by atoms with E-state index in [-0.39, 0.29) is 22.8 Å². The molecule has 1 aromatic heterocycles. The summed E-state index contributed by atoms with van der Waals surface area (Å²) in [4.78, 5) is 17.2. The van der Waals surface area contributed by atoms with Crippen molar-refractivity contribution >= 4 is 42.6 Å². The molecule has 3 unspecified atom stereocenters. The van der Waals surface area contributed by atoms with Gasteiger partial charge in [-0.2, -0.15) is 0 Å². The molecule has 4 rings (SSSR count). The van der Waals surface area contributed by atoms with E-state index in [1.807, 2.05) is 0 Å². The summed E-state index contributed by atoms with van der Waals surface area (Å²) in [6, 6.07) is 4.64. The number of fused-ring (bicyclic) bond motifs is 3. The minimum atomic E-state index is -3.55. The molecule has 1 amide bonds. The van der Waals surface area contributed by atoms with E-state index in [0.717, 1.165) is 17.5 Å². The molecule has 0 saturated heterocycles. The maximum atomic E-state index is 12.5. The van der Waals surface area contributed by atoms with Gasteiger partial charge in [0.25, 0.3) is 0 Å². The summed E-state index contributed by atoms with van der Waals surface area (Å²) in [7, 11) is -3.55. The van der Waals surface area contributed by atoms with Crippen molar-refractivity contribution < 1.29 is 13.2 Å².